The number of benzene rings is 2. The van der Waals surface area contributed by atoms with Gasteiger partial charge in [-0.15, -0.1) is 0 Å². The highest BCUT2D eigenvalue weighted by atomic mass is 15.1. The molecule has 0 aromatic heterocycles. The molecule has 0 aliphatic heterocycles. The van der Waals surface area contributed by atoms with Gasteiger partial charge >= 0.3 is 0 Å². The molecule has 1 atom stereocenters. The van der Waals surface area contributed by atoms with Gasteiger partial charge < -0.3 is 10.6 Å². The van der Waals surface area contributed by atoms with E-state index in [0.717, 1.165) is 12.8 Å². The van der Waals surface area contributed by atoms with Crippen molar-refractivity contribution in [3.8, 4) is 0 Å². The van der Waals surface area contributed by atoms with Gasteiger partial charge in [0.15, 0.2) is 0 Å². The second kappa shape index (κ2) is 6.39. The van der Waals surface area contributed by atoms with Gasteiger partial charge in [0, 0.05) is 25.8 Å². The first kappa shape index (κ1) is 13.6. The van der Waals surface area contributed by atoms with Gasteiger partial charge in [0.05, 0.1) is 0 Å². The minimum Gasteiger partial charge on any atom is -0.378 e. The van der Waals surface area contributed by atoms with Crippen molar-refractivity contribution < 1.29 is 0 Å². The lowest BCUT2D eigenvalue weighted by atomic mass is 9.99. The SMILES string of the molecule is CN(C)c1cccc(C(N)CCc2ccccc2)c1. The summed E-state index contributed by atoms with van der Waals surface area (Å²) >= 11 is 0. The first-order chi connectivity index (χ1) is 9.16. The molecular formula is C17H22N2. The Morgan fingerprint density at radius 3 is 2.42 bits per heavy atom. The van der Waals surface area contributed by atoms with Gasteiger partial charge in [0.25, 0.3) is 0 Å². The fraction of sp³-hybridized carbons (Fsp3) is 0.294. The fourth-order valence-corrected chi connectivity index (χ4v) is 2.17. The Morgan fingerprint density at radius 2 is 1.74 bits per heavy atom. The maximum atomic E-state index is 6.29. The van der Waals surface area contributed by atoms with E-state index in [1.807, 2.05) is 6.07 Å². The number of nitrogens with zero attached hydrogens (tertiary/aromatic N) is 1. The van der Waals surface area contributed by atoms with Crippen molar-refractivity contribution in [1.29, 1.82) is 0 Å². The third-order valence-electron chi connectivity index (χ3n) is 3.40. The number of nitrogens with two attached hydrogens (primary N) is 1. The summed E-state index contributed by atoms with van der Waals surface area (Å²) in [6, 6.07) is 19.1. The molecule has 2 rings (SSSR count). The van der Waals surface area contributed by atoms with Crippen LogP contribution < -0.4 is 10.6 Å². The monoisotopic (exact) mass is 254 g/mol. The zero-order valence-corrected chi connectivity index (χ0v) is 11.7. The lowest BCUT2D eigenvalue weighted by Crippen LogP contribution is -2.13. The van der Waals surface area contributed by atoms with E-state index in [-0.39, 0.29) is 6.04 Å². The fourth-order valence-electron chi connectivity index (χ4n) is 2.17. The predicted molar refractivity (Wildman–Crippen MR) is 82.5 cm³/mol. The minimum atomic E-state index is 0.0973. The Bertz CT molecular complexity index is 506. The molecule has 0 aliphatic carbocycles. The smallest absolute Gasteiger partial charge is 0.0364 e. The van der Waals surface area contributed by atoms with E-state index in [9.17, 15) is 0 Å². The molecular weight excluding hydrogens is 232 g/mol. The maximum Gasteiger partial charge on any atom is 0.0364 e. The van der Waals surface area contributed by atoms with E-state index in [2.05, 4.69) is 67.5 Å². The molecule has 0 aliphatic rings. The summed E-state index contributed by atoms with van der Waals surface area (Å²) in [4.78, 5) is 2.10. The van der Waals surface area contributed by atoms with Crippen LogP contribution in [0.15, 0.2) is 54.6 Å². The predicted octanol–water partition coefficient (Wildman–Crippen LogP) is 3.39. The second-order valence-corrected chi connectivity index (χ2v) is 5.12. The van der Waals surface area contributed by atoms with Gasteiger partial charge in [0.1, 0.15) is 0 Å². The van der Waals surface area contributed by atoms with Crippen LogP contribution in [-0.2, 0) is 6.42 Å². The van der Waals surface area contributed by atoms with Crippen molar-refractivity contribution in [3.63, 3.8) is 0 Å². The van der Waals surface area contributed by atoms with Crippen LogP contribution in [0.4, 0.5) is 5.69 Å². The third-order valence-corrected chi connectivity index (χ3v) is 3.40. The van der Waals surface area contributed by atoms with Crippen LogP contribution in [0.2, 0.25) is 0 Å². The number of hydrogen-bond acceptors (Lipinski definition) is 2. The normalized spacial score (nSPS) is 12.2. The van der Waals surface area contributed by atoms with Gasteiger partial charge in [-0.3, -0.25) is 0 Å². The largest absolute Gasteiger partial charge is 0.378 e. The average molecular weight is 254 g/mol. The highest BCUT2D eigenvalue weighted by molar-refractivity contribution is 5.47. The summed E-state index contributed by atoms with van der Waals surface area (Å²) in [5.74, 6) is 0. The van der Waals surface area contributed by atoms with Crippen LogP contribution in [0.25, 0.3) is 0 Å². The van der Waals surface area contributed by atoms with Gasteiger partial charge in [-0.25, -0.2) is 0 Å². The molecule has 0 amide bonds. The molecule has 2 aromatic rings. The molecule has 0 saturated heterocycles. The van der Waals surface area contributed by atoms with Crippen LogP contribution in [0.3, 0.4) is 0 Å². The molecule has 0 radical (unpaired) electrons. The van der Waals surface area contributed by atoms with E-state index >= 15 is 0 Å². The van der Waals surface area contributed by atoms with Crippen LogP contribution in [0.5, 0.6) is 0 Å². The number of hydrogen-bond donors (Lipinski definition) is 1. The van der Waals surface area contributed by atoms with Crippen LogP contribution >= 0.6 is 0 Å². The topological polar surface area (TPSA) is 29.3 Å². The molecule has 0 spiro atoms. The molecule has 2 aromatic carbocycles. The number of aryl methyl sites for hydroxylation is 1. The molecule has 0 saturated carbocycles. The molecule has 1 unspecified atom stereocenters. The number of anilines is 1. The van der Waals surface area contributed by atoms with E-state index < -0.39 is 0 Å². The quantitative estimate of drug-likeness (QED) is 0.886. The standard InChI is InChI=1S/C17H22N2/c1-19(2)16-10-6-9-15(13-16)17(18)12-11-14-7-4-3-5-8-14/h3-10,13,17H,11-12,18H2,1-2H3. The Kier molecular flexibility index (Phi) is 4.58. The Morgan fingerprint density at radius 1 is 1.00 bits per heavy atom. The summed E-state index contributed by atoms with van der Waals surface area (Å²) in [5.41, 5.74) is 10.1. The minimum absolute atomic E-state index is 0.0973. The Balaban J connectivity index is 2.00. The molecule has 0 fully saturated rings. The van der Waals surface area contributed by atoms with Gasteiger partial charge in [0.2, 0.25) is 0 Å². The highest BCUT2D eigenvalue weighted by Crippen LogP contribution is 2.21. The second-order valence-electron chi connectivity index (χ2n) is 5.12. The highest BCUT2D eigenvalue weighted by Gasteiger charge is 2.07. The van der Waals surface area contributed by atoms with Crippen molar-refractivity contribution in [2.24, 2.45) is 5.73 Å². The summed E-state index contributed by atoms with van der Waals surface area (Å²) in [6.07, 6.45) is 2.00. The van der Waals surface area contributed by atoms with Crippen LogP contribution in [0.1, 0.15) is 23.6 Å². The van der Waals surface area contributed by atoms with Crippen molar-refractivity contribution >= 4 is 5.69 Å². The van der Waals surface area contributed by atoms with Crippen molar-refractivity contribution in [2.75, 3.05) is 19.0 Å². The third kappa shape index (κ3) is 3.83. The zero-order chi connectivity index (χ0) is 13.7. The Labute approximate surface area is 115 Å². The molecule has 100 valence electrons. The van der Waals surface area contributed by atoms with Crippen LogP contribution in [0, 0.1) is 0 Å². The maximum absolute atomic E-state index is 6.29. The summed E-state index contributed by atoms with van der Waals surface area (Å²) in [7, 11) is 4.10. The molecule has 2 N–H and O–H groups in total. The van der Waals surface area contributed by atoms with Gasteiger partial charge in [-0.05, 0) is 36.1 Å². The molecule has 0 heterocycles. The number of rotatable bonds is 5. The van der Waals surface area contributed by atoms with E-state index in [1.165, 1.54) is 16.8 Å². The van der Waals surface area contributed by atoms with Crippen molar-refractivity contribution in [2.45, 2.75) is 18.9 Å². The van der Waals surface area contributed by atoms with Crippen molar-refractivity contribution in [3.05, 3.63) is 65.7 Å². The first-order valence-electron chi connectivity index (χ1n) is 6.73. The molecule has 19 heavy (non-hydrogen) atoms. The lowest BCUT2D eigenvalue weighted by molar-refractivity contribution is 0.651. The summed E-state index contributed by atoms with van der Waals surface area (Å²) < 4.78 is 0. The molecule has 2 nitrogen and oxygen atoms in total. The van der Waals surface area contributed by atoms with Crippen LogP contribution in [-0.4, -0.2) is 14.1 Å². The summed E-state index contributed by atoms with van der Waals surface area (Å²) in [6.45, 7) is 0. The molecule has 0 bridgehead atoms. The van der Waals surface area contributed by atoms with E-state index in [4.69, 9.17) is 5.73 Å². The Hall–Kier alpha value is -1.80. The van der Waals surface area contributed by atoms with Gasteiger partial charge in [-0.2, -0.15) is 0 Å². The lowest BCUT2D eigenvalue weighted by Gasteiger charge is -2.17. The van der Waals surface area contributed by atoms with Crippen molar-refractivity contribution in [1.82, 2.24) is 0 Å². The first-order valence-corrected chi connectivity index (χ1v) is 6.73. The van der Waals surface area contributed by atoms with E-state index in [1.54, 1.807) is 0 Å². The zero-order valence-electron chi connectivity index (χ0n) is 11.7. The summed E-state index contributed by atoms with van der Waals surface area (Å²) in [5, 5.41) is 0. The van der Waals surface area contributed by atoms with Gasteiger partial charge in [-0.1, -0.05) is 42.5 Å². The van der Waals surface area contributed by atoms with E-state index in [0.29, 0.717) is 0 Å². The molecule has 2 heteroatoms. The average Bonchev–Trinajstić information content (AvgIpc) is 2.46.